The first-order valence-corrected chi connectivity index (χ1v) is 3.74. The van der Waals surface area contributed by atoms with Crippen LogP contribution in [0, 0.1) is 0 Å². The summed E-state index contributed by atoms with van der Waals surface area (Å²) in [6.45, 7) is 0.646. The van der Waals surface area contributed by atoms with Crippen molar-refractivity contribution in [3.63, 3.8) is 0 Å². The molecule has 12 heavy (non-hydrogen) atoms. The van der Waals surface area contributed by atoms with Gasteiger partial charge in [-0.25, -0.2) is 0 Å². The second-order valence-electron chi connectivity index (χ2n) is 2.69. The summed E-state index contributed by atoms with van der Waals surface area (Å²) in [5.41, 5.74) is 10.8. The molecule has 1 atom stereocenters. The SMILES string of the molecule is NCCCC[C@H](N)C1(O)OO1.[Fe]. The van der Waals surface area contributed by atoms with Gasteiger partial charge >= 0.3 is 5.97 Å². The van der Waals surface area contributed by atoms with Crippen LogP contribution in [0.5, 0.6) is 0 Å². The first-order chi connectivity index (χ1) is 5.19. The third-order valence-electron chi connectivity index (χ3n) is 1.69. The summed E-state index contributed by atoms with van der Waals surface area (Å²) in [4.78, 5) is 8.58. The Labute approximate surface area is 81.8 Å². The van der Waals surface area contributed by atoms with E-state index in [1.54, 1.807) is 0 Å². The summed E-state index contributed by atoms with van der Waals surface area (Å²) in [5, 5.41) is 9.10. The number of unbranched alkanes of at least 4 members (excludes halogenated alkanes) is 1. The van der Waals surface area contributed by atoms with Crippen molar-refractivity contribution in [2.45, 2.75) is 31.3 Å². The zero-order valence-corrected chi connectivity index (χ0v) is 7.78. The van der Waals surface area contributed by atoms with Crippen LogP contribution in [0.25, 0.3) is 0 Å². The summed E-state index contributed by atoms with van der Waals surface area (Å²) in [6.07, 6.45) is 2.45. The zero-order chi connectivity index (χ0) is 8.32. The molecule has 1 rings (SSSR count). The van der Waals surface area contributed by atoms with E-state index in [0.29, 0.717) is 13.0 Å². The van der Waals surface area contributed by atoms with Gasteiger partial charge in [0, 0.05) is 17.1 Å². The molecule has 6 heteroatoms. The molecule has 0 amide bonds. The van der Waals surface area contributed by atoms with Gasteiger partial charge < -0.3 is 16.6 Å². The van der Waals surface area contributed by atoms with E-state index >= 15 is 0 Å². The van der Waals surface area contributed by atoms with Crippen molar-refractivity contribution in [2.75, 3.05) is 6.54 Å². The van der Waals surface area contributed by atoms with E-state index in [9.17, 15) is 0 Å². The van der Waals surface area contributed by atoms with Gasteiger partial charge in [-0.05, 0) is 19.4 Å². The topological polar surface area (TPSA) is 97.3 Å². The number of hydrogen-bond donors (Lipinski definition) is 3. The van der Waals surface area contributed by atoms with Crippen molar-refractivity contribution >= 4 is 0 Å². The Morgan fingerprint density at radius 1 is 1.33 bits per heavy atom. The largest absolute Gasteiger partial charge is 0.352 e. The van der Waals surface area contributed by atoms with Gasteiger partial charge in [0.1, 0.15) is 0 Å². The molecular weight excluding hydrogens is 204 g/mol. The van der Waals surface area contributed by atoms with Gasteiger partial charge in [0.05, 0.1) is 6.04 Å². The van der Waals surface area contributed by atoms with Crippen molar-refractivity contribution < 1.29 is 32.0 Å². The Hall–Kier alpha value is 0.319. The van der Waals surface area contributed by atoms with Crippen LogP contribution < -0.4 is 11.5 Å². The van der Waals surface area contributed by atoms with Gasteiger partial charge in [0.2, 0.25) is 0 Å². The van der Waals surface area contributed by atoms with E-state index in [0.717, 1.165) is 12.8 Å². The van der Waals surface area contributed by atoms with E-state index < -0.39 is 12.0 Å². The van der Waals surface area contributed by atoms with Crippen molar-refractivity contribution in [3.05, 3.63) is 0 Å². The summed E-state index contributed by atoms with van der Waals surface area (Å²) in [7, 11) is 0. The summed E-state index contributed by atoms with van der Waals surface area (Å²) >= 11 is 0. The fourth-order valence-electron chi connectivity index (χ4n) is 0.857. The van der Waals surface area contributed by atoms with Crippen LogP contribution in [-0.4, -0.2) is 23.7 Å². The minimum atomic E-state index is -1.51. The second kappa shape index (κ2) is 5.14. The zero-order valence-electron chi connectivity index (χ0n) is 6.68. The second-order valence-corrected chi connectivity index (χ2v) is 2.69. The van der Waals surface area contributed by atoms with Gasteiger partial charge in [-0.3, -0.25) is 0 Å². The number of hydrogen-bond acceptors (Lipinski definition) is 5. The number of rotatable bonds is 5. The molecule has 0 radical (unpaired) electrons. The predicted octanol–water partition coefficient (Wildman–Crippen LogP) is -0.952. The number of aliphatic hydroxyl groups is 1. The average molecular weight is 218 g/mol. The summed E-state index contributed by atoms with van der Waals surface area (Å²) in [5.74, 6) is -1.51. The molecule has 1 aliphatic rings. The van der Waals surface area contributed by atoms with Crippen LogP contribution in [0.1, 0.15) is 19.3 Å². The standard InChI is InChI=1S/C6H14N2O3.Fe/c7-4-2-1-3-5(8)6(9)10-11-6;/h5,9H,1-4,7-8H2;/t5-;/m0./s1. The predicted molar refractivity (Wildman–Crippen MR) is 38.0 cm³/mol. The minimum Gasteiger partial charge on any atom is -0.338 e. The Bertz CT molecular complexity index is 132. The first-order valence-electron chi connectivity index (χ1n) is 3.74. The van der Waals surface area contributed by atoms with Gasteiger partial charge in [-0.15, -0.1) is 0 Å². The van der Waals surface area contributed by atoms with E-state index in [-0.39, 0.29) is 17.1 Å². The Kier molecular flexibility index (Phi) is 5.27. The van der Waals surface area contributed by atoms with Gasteiger partial charge in [0.15, 0.2) is 0 Å². The normalized spacial score (nSPS) is 21.2. The van der Waals surface area contributed by atoms with Crippen molar-refractivity contribution in [3.8, 4) is 0 Å². The smallest absolute Gasteiger partial charge is 0.338 e. The molecule has 0 aromatic heterocycles. The molecule has 1 fully saturated rings. The molecule has 74 valence electrons. The summed E-state index contributed by atoms with van der Waals surface area (Å²) < 4.78 is 0. The van der Waals surface area contributed by atoms with Crippen LogP contribution in [0.15, 0.2) is 0 Å². The van der Waals surface area contributed by atoms with E-state index in [1.807, 2.05) is 0 Å². The molecule has 0 saturated carbocycles. The maximum atomic E-state index is 9.10. The fourth-order valence-corrected chi connectivity index (χ4v) is 0.857. The minimum absolute atomic E-state index is 0. The van der Waals surface area contributed by atoms with Crippen LogP contribution in [-0.2, 0) is 26.8 Å². The van der Waals surface area contributed by atoms with E-state index in [2.05, 4.69) is 9.78 Å². The van der Waals surface area contributed by atoms with Gasteiger partial charge in [-0.2, -0.15) is 9.78 Å². The van der Waals surface area contributed by atoms with E-state index in [1.165, 1.54) is 0 Å². The van der Waals surface area contributed by atoms with Crippen molar-refractivity contribution in [2.24, 2.45) is 11.5 Å². The van der Waals surface area contributed by atoms with Crippen LogP contribution >= 0.6 is 0 Å². The molecule has 5 N–H and O–H groups in total. The monoisotopic (exact) mass is 218 g/mol. The van der Waals surface area contributed by atoms with Gasteiger partial charge in [0.25, 0.3) is 0 Å². The molecule has 5 nitrogen and oxygen atoms in total. The quantitative estimate of drug-likeness (QED) is 0.239. The molecule has 0 aliphatic carbocycles. The van der Waals surface area contributed by atoms with Crippen LogP contribution in [0.4, 0.5) is 0 Å². The molecule has 0 aromatic carbocycles. The molecular formula is C6H14FeN2O3. The molecule has 0 aromatic rings. The Morgan fingerprint density at radius 3 is 2.33 bits per heavy atom. The van der Waals surface area contributed by atoms with Crippen molar-refractivity contribution in [1.29, 1.82) is 0 Å². The maximum absolute atomic E-state index is 9.10. The summed E-state index contributed by atoms with van der Waals surface area (Å²) in [6, 6.07) is -0.464. The number of nitrogens with two attached hydrogens (primary N) is 2. The fraction of sp³-hybridized carbons (Fsp3) is 1.00. The molecule has 1 saturated heterocycles. The average Bonchev–Trinajstić information content (AvgIpc) is 2.70. The van der Waals surface area contributed by atoms with Crippen LogP contribution in [0.2, 0.25) is 0 Å². The first kappa shape index (κ1) is 12.3. The van der Waals surface area contributed by atoms with E-state index in [4.69, 9.17) is 16.6 Å². The maximum Gasteiger partial charge on any atom is 0.352 e. The third-order valence-corrected chi connectivity index (χ3v) is 1.69. The molecule has 1 aliphatic heterocycles. The van der Waals surface area contributed by atoms with Gasteiger partial charge in [-0.1, -0.05) is 6.42 Å². The molecule has 0 spiro atoms. The Balaban J connectivity index is 0.00000121. The van der Waals surface area contributed by atoms with Crippen molar-refractivity contribution in [1.82, 2.24) is 0 Å². The molecule has 1 heterocycles. The van der Waals surface area contributed by atoms with Crippen LogP contribution in [0.3, 0.4) is 0 Å². The molecule has 0 unspecified atom stereocenters. The third kappa shape index (κ3) is 3.37. The molecule has 0 bridgehead atoms. The Morgan fingerprint density at radius 2 is 1.92 bits per heavy atom.